The molecule has 1 aliphatic rings. The topological polar surface area (TPSA) is 41.9 Å². The Morgan fingerprint density at radius 2 is 2.14 bits per heavy atom. The van der Waals surface area contributed by atoms with Gasteiger partial charge in [-0.25, -0.2) is 0 Å². The summed E-state index contributed by atoms with van der Waals surface area (Å²) in [7, 11) is 1.64. The molecular formula is C16H16N2O2S2. The van der Waals surface area contributed by atoms with E-state index >= 15 is 0 Å². The number of ketones is 1. The van der Waals surface area contributed by atoms with Crippen molar-refractivity contribution in [2.45, 2.75) is 0 Å². The highest BCUT2D eigenvalue weighted by Crippen LogP contribution is 2.25. The molecule has 0 saturated carbocycles. The van der Waals surface area contributed by atoms with Gasteiger partial charge in [0.2, 0.25) is 0 Å². The first-order valence-electron chi connectivity index (χ1n) is 6.93. The number of hydrogen-bond donors (Lipinski definition) is 0. The molecule has 6 heteroatoms. The molecule has 1 aromatic heterocycles. The molecule has 0 unspecified atom stereocenters. The molecule has 114 valence electrons. The molecule has 22 heavy (non-hydrogen) atoms. The van der Waals surface area contributed by atoms with Crippen molar-refractivity contribution >= 4 is 39.7 Å². The normalized spacial score (nSPS) is 13.8. The molecule has 0 fully saturated rings. The van der Waals surface area contributed by atoms with Crippen molar-refractivity contribution in [3.63, 3.8) is 0 Å². The number of carbonyl (C=O) groups is 1. The van der Waals surface area contributed by atoms with Crippen LogP contribution >= 0.6 is 23.1 Å². The maximum absolute atomic E-state index is 12.4. The molecule has 0 bridgehead atoms. The third kappa shape index (κ3) is 3.34. The number of anilines is 1. The predicted molar refractivity (Wildman–Crippen MR) is 93.7 cm³/mol. The van der Waals surface area contributed by atoms with E-state index in [1.807, 2.05) is 46.7 Å². The van der Waals surface area contributed by atoms with Crippen molar-refractivity contribution in [1.29, 1.82) is 0 Å². The van der Waals surface area contributed by atoms with E-state index < -0.39 is 0 Å². The van der Waals surface area contributed by atoms with Gasteiger partial charge in [0.1, 0.15) is 5.75 Å². The maximum Gasteiger partial charge on any atom is 0.192 e. The first-order valence-corrected chi connectivity index (χ1v) is 8.80. The van der Waals surface area contributed by atoms with Crippen molar-refractivity contribution in [3.8, 4) is 5.75 Å². The van der Waals surface area contributed by atoms with Gasteiger partial charge in [-0.2, -0.15) is 0 Å². The van der Waals surface area contributed by atoms with Crippen LogP contribution in [0.15, 0.2) is 46.8 Å². The third-order valence-electron chi connectivity index (χ3n) is 3.28. The number of aliphatic imine (C=N–C) groups is 1. The Bertz CT molecular complexity index is 666. The Hall–Kier alpha value is -1.79. The van der Waals surface area contributed by atoms with Crippen LogP contribution in [0.1, 0.15) is 9.67 Å². The second-order valence-corrected chi connectivity index (χ2v) is 6.71. The summed E-state index contributed by atoms with van der Waals surface area (Å²) in [5.74, 6) is 1.88. The number of ether oxygens (including phenoxy) is 1. The smallest absolute Gasteiger partial charge is 0.192 e. The van der Waals surface area contributed by atoms with Crippen LogP contribution in [0.5, 0.6) is 5.75 Å². The molecule has 0 N–H and O–H groups in total. The molecule has 3 rings (SSSR count). The fraction of sp³-hybridized carbons (Fsp3) is 0.250. The maximum atomic E-state index is 12.4. The summed E-state index contributed by atoms with van der Waals surface area (Å²) in [5.41, 5.74) is 0.957. The minimum absolute atomic E-state index is 0.112. The van der Waals surface area contributed by atoms with Gasteiger partial charge in [-0.3, -0.25) is 9.79 Å². The first-order chi connectivity index (χ1) is 10.8. The minimum atomic E-state index is 0.112. The molecule has 1 aromatic carbocycles. The third-order valence-corrected chi connectivity index (χ3v) is 5.19. The van der Waals surface area contributed by atoms with Gasteiger partial charge >= 0.3 is 0 Å². The van der Waals surface area contributed by atoms with Crippen LogP contribution in [0.25, 0.3) is 0 Å². The van der Waals surface area contributed by atoms with Crippen molar-refractivity contribution in [3.05, 3.63) is 46.7 Å². The molecule has 0 amide bonds. The van der Waals surface area contributed by atoms with Gasteiger partial charge in [0.15, 0.2) is 11.0 Å². The number of nitrogens with zero attached hydrogens (tertiary/aromatic N) is 2. The summed E-state index contributed by atoms with van der Waals surface area (Å²) in [6, 6.07) is 11.5. The average molecular weight is 332 g/mol. The zero-order valence-corrected chi connectivity index (χ0v) is 13.8. The zero-order chi connectivity index (χ0) is 15.4. The number of methoxy groups -OCH3 is 1. The molecular weight excluding hydrogens is 316 g/mol. The second kappa shape index (κ2) is 6.98. The monoisotopic (exact) mass is 332 g/mol. The number of carbonyl (C=O) groups excluding carboxylic acids is 1. The molecule has 0 radical (unpaired) electrons. The lowest BCUT2D eigenvalue weighted by atomic mass is 10.2. The number of benzene rings is 1. The number of hydrogen-bond acceptors (Lipinski definition) is 6. The van der Waals surface area contributed by atoms with Crippen LogP contribution < -0.4 is 9.64 Å². The van der Waals surface area contributed by atoms with E-state index in [9.17, 15) is 4.79 Å². The average Bonchev–Trinajstić information content (AvgIpc) is 3.25. The number of thioether (sulfide) groups is 1. The Morgan fingerprint density at radius 1 is 1.32 bits per heavy atom. The molecule has 2 aromatic rings. The lowest BCUT2D eigenvalue weighted by molar-refractivity contribution is 0.101. The van der Waals surface area contributed by atoms with Crippen LogP contribution in [0.2, 0.25) is 0 Å². The first kappa shape index (κ1) is 15.1. The molecule has 0 spiro atoms. The van der Waals surface area contributed by atoms with Crippen LogP contribution in [-0.4, -0.2) is 36.9 Å². The highest BCUT2D eigenvalue weighted by molar-refractivity contribution is 8.14. The number of Topliss-reactive ketones (excluding diaryl/α,β-unsaturated/α-hetero) is 1. The van der Waals surface area contributed by atoms with E-state index in [2.05, 4.69) is 4.99 Å². The van der Waals surface area contributed by atoms with Crippen LogP contribution in [0.4, 0.5) is 5.69 Å². The Balaban J connectivity index is 1.84. The van der Waals surface area contributed by atoms with Crippen molar-refractivity contribution in [2.24, 2.45) is 4.99 Å². The second-order valence-electron chi connectivity index (χ2n) is 4.70. The zero-order valence-electron chi connectivity index (χ0n) is 12.2. The summed E-state index contributed by atoms with van der Waals surface area (Å²) in [4.78, 5) is 19.7. The SMILES string of the molecule is COc1ccc(N(CC(=O)c2cccs2)C2=NCCS2)cc1. The predicted octanol–water partition coefficient (Wildman–Crippen LogP) is 3.55. The Labute approximate surface area is 137 Å². The number of amidine groups is 1. The lowest BCUT2D eigenvalue weighted by Gasteiger charge is -2.23. The Morgan fingerprint density at radius 3 is 2.73 bits per heavy atom. The Kier molecular flexibility index (Phi) is 4.80. The molecule has 1 aliphatic heterocycles. The summed E-state index contributed by atoms with van der Waals surface area (Å²) < 4.78 is 5.20. The van der Waals surface area contributed by atoms with Crippen molar-refractivity contribution < 1.29 is 9.53 Å². The quantitative estimate of drug-likeness (QED) is 0.785. The van der Waals surface area contributed by atoms with E-state index in [4.69, 9.17) is 4.74 Å². The van der Waals surface area contributed by atoms with E-state index in [0.29, 0.717) is 6.54 Å². The standard InChI is InChI=1S/C16H16N2O2S2/c1-20-13-6-4-12(5-7-13)18(16-17-8-10-22-16)11-14(19)15-3-2-9-21-15/h2-7,9H,8,10-11H2,1H3. The molecule has 0 aliphatic carbocycles. The summed E-state index contributed by atoms with van der Waals surface area (Å²) in [6.45, 7) is 1.11. The van der Waals surface area contributed by atoms with Gasteiger partial charge in [0.05, 0.1) is 25.1 Å². The van der Waals surface area contributed by atoms with Crippen LogP contribution in [0.3, 0.4) is 0 Å². The highest BCUT2D eigenvalue weighted by Gasteiger charge is 2.21. The largest absolute Gasteiger partial charge is 0.497 e. The van der Waals surface area contributed by atoms with E-state index in [1.54, 1.807) is 18.9 Å². The number of thiophene rings is 1. The van der Waals surface area contributed by atoms with Gasteiger partial charge in [0.25, 0.3) is 0 Å². The minimum Gasteiger partial charge on any atom is -0.497 e. The van der Waals surface area contributed by atoms with E-state index in [-0.39, 0.29) is 5.78 Å². The highest BCUT2D eigenvalue weighted by atomic mass is 32.2. The van der Waals surface area contributed by atoms with Gasteiger partial charge in [-0.05, 0) is 35.7 Å². The van der Waals surface area contributed by atoms with Gasteiger partial charge < -0.3 is 9.64 Å². The fourth-order valence-corrected chi connectivity index (χ4v) is 3.71. The molecule has 4 nitrogen and oxygen atoms in total. The van der Waals surface area contributed by atoms with Crippen LogP contribution in [-0.2, 0) is 0 Å². The summed E-state index contributed by atoms with van der Waals surface area (Å²) in [6.07, 6.45) is 0. The van der Waals surface area contributed by atoms with Crippen LogP contribution in [0, 0.1) is 0 Å². The molecule has 2 heterocycles. The van der Waals surface area contributed by atoms with Crippen molar-refractivity contribution in [1.82, 2.24) is 0 Å². The fourth-order valence-electron chi connectivity index (χ4n) is 2.18. The van der Waals surface area contributed by atoms with Crippen molar-refractivity contribution in [2.75, 3.05) is 30.9 Å². The summed E-state index contributed by atoms with van der Waals surface area (Å²) >= 11 is 3.16. The summed E-state index contributed by atoms with van der Waals surface area (Å²) in [5, 5.41) is 2.84. The molecule has 0 atom stereocenters. The molecule has 0 saturated heterocycles. The number of rotatable bonds is 5. The van der Waals surface area contributed by atoms with E-state index in [0.717, 1.165) is 33.8 Å². The van der Waals surface area contributed by atoms with Gasteiger partial charge in [-0.15, -0.1) is 11.3 Å². The lowest BCUT2D eigenvalue weighted by Crippen LogP contribution is -2.33. The van der Waals surface area contributed by atoms with Gasteiger partial charge in [0, 0.05) is 11.4 Å². The van der Waals surface area contributed by atoms with Gasteiger partial charge in [-0.1, -0.05) is 17.8 Å². The van der Waals surface area contributed by atoms with E-state index in [1.165, 1.54) is 11.3 Å².